The molecular formula is C20H22ClN5OS. The number of para-hydroxylation sites is 1. The minimum Gasteiger partial charge on any atom is -0.354 e. The van der Waals surface area contributed by atoms with Crippen molar-refractivity contribution in [1.82, 2.24) is 25.0 Å². The molecule has 0 spiro atoms. The molecule has 146 valence electrons. The van der Waals surface area contributed by atoms with Crippen LogP contribution in [0.1, 0.15) is 0 Å². The number of carbonyl (C=O) groups excluding carboxylic acids is 1. The summed E-state index contributed by atoms with van der Waals surface area (Å²) in [5.74, 6) is 0.877. The standard InChI is InChI=1S/C20H22ClN5OS/c1-25(2)13-12-22-18(27)14-28-20-24-23-19(16-10-6-7-11-17(16)21)26(20)15-8-4-3-5-9-15/h3-11H,12-14H2,1-2H3,(H,22,27). The number of nitrogens with one attached hydrogen (secondary N) is 1. The first kappa shape index (κ1) is 20.4. The van der Waals surface area contributed by atoms with E-state index in [0.717, 1.165) is 17.8 Å². The van der Waals surface area contributed by atoms with Crippen LogP contribution in [-0.4, -0.2) is 58.5 Å². The molecule has 1 amide bonds. The molecule has 3 aromatic rings. The van der Waals surface area contributed by atoms with Crippen LogP contribution in [0.5, 0.6) is 0 Å². The van der Waals surface area contributed by atoms with E-state index in [1.807, 2.05) is 78.2 Å². The highest BCUT2D eigenvalue weighted by atomic mass is 35.5. The molecule has 2 aromatic carbocycles. The van der Waals surface area contributed by atoms with Gasteiger partial charge in [0.05, 0.1) is 10.8 Å². The van der Waals surface area contributed by atoms with Crippen molar-refractivity contribution >= 4 is 29.3 Å². The van der Waals surface area contributed by atoms with Crippen LogP contribution in [-0.2, 0) is 4.79 Å². The van der Waals surface area contributed by atoms with Gasteiger partial charge in [-0.05, 0) is 38.4 Å². The molecule has 0 aliphatic carbocycles. The molecule has 0 saturated carbocycles. The molecule has 1 aromatic heterocycles. The first-order valence-electron chi connectivity index (χ1n) is 8.86. The van der Waals surface area contributed by atoms with E-state index in [1.165, 1.54) is 11.8 Å². The summed E-state index contributed by atoms with van der Waals surface area (Å²) in [6.45, 7) is 1.41. The lowest BCUT2D eigenvalue weighted by Crippen LogP contribution is -2.32. The van der Waals surface area contributed by atoms with Gasteiger partial charge < -0.3 is 10.2 Å². The maximum atomic E-state index is 12.1. The number of benzene rings is 2. The van der Waals surface area contributed by atoms with Crippen molar-refractivity contribution in [2.45, 2.75) is 5.16 Å². The average Bonchev–Trinajstić information content (AvgIpc) is 3.11. The van der Waals surface area contributed by atoms with Crippen molar-refractivity contribution in [2.75, 3.05) is 32.9 Å². The molecule has 0 unspecified atom stereocenters. The van der Waals surface area contributed by atoms with Gasteiger partial charge in [-0.2, -0.15) is 0 Å². The normalized spacial score (nSPS) is 11.0. The van der Waals surface area contributed by atoms with Gasteiger partial charge in [0.2, 0.25) is 5.91 Å². The second-order valence-electron chi connectivity index (χ2n) is 6.40. The Balaban J connectivity index is 1.84. The van der Waals surface area contributed by atoms with Crippen molar-refractivity contribution in [3.63, 3.8) is 0 Å². The number of hydrogen-bond donors (Lipinski definition) is 1. The maximum Gasteiger partial charge on any atom is 0.230 e. The Morgan fingerprint density at radius 1 is 1.11 bits per heavy atom. The third-order valence-corrected chi connectivity index (χ3v) is 5.23. The maximum absolute atomic E-state index is 12.1. The number of carbonyl (C=O) groups is 1. The summed E-state index contributed by atoms with van der Waals surface area (Å²) in [5.41, 5.74) is 1.71. The van der Waals surface area contributed by atoms with Gasteiger partial charge in [0.25, 0.3) is 0 Å². The molecule has 1 N–H and O–H groups in total. The van der Waals surface area contributed by atoms with Crippen LogP contribution >= 0.6 is 23.4 Å². The molecule has 8 heteroatoms. The van der Waals surface area contributed by atoms with Gasteiger partial charge in [0, 0.05) is 24.3 Å². The third-order valence-electron chi connectivity index (χ3n) is 3.98. The van der Waals surface area contributed by atoms with Gasteiger partial charge in [-0.3, -0.25) is 9.36 Å². The predicted octanol–water partition coefficient (Wildman–Crippen LogP) is 3.36. The fraction of sp³-hybridized carbons (Fsp3) is 0.250. The Morgan fingerprint density at radius 3 is 2.54 bits per heavy atom. The minimum atomic E-state index is -0.0336. The van der Waals surface area contributed by atoms with Crippen molar-refractivity contribution in [3.05, 3.63) is 59.6 Å². The summed E-state index contributed by atoms with van der Waals surface area (Å²) in [6.07, 6.45) is 0. The molecule has 0 atom stereocenters. The Hall–Kier alpha value is -2.35. The second kappa shape index (κ2) is 9.73. The van der Waals surface area contributed by atoms with Crippen LogP contribution in [0.3, 0.4) is 0 Å². The highest BCUT2D eigenvalue weighted by Gasteiger charge is 2.18. The Morgan fingerprint density at radius 2 is 1.82 bits per heavy atom. The number of thioether (sulfide) groups is 1. The first-order chi connectivity index (χ1) is 13.6. The van der Waals surface area contributed by atoms with Crippen LogP contribution in [0.15, 0.2) is 59.8 Å². The lowest BCUT2D eigenvalue weighted by molar-refractivity contribution is -0.118. The van der Waals surface area contributed by atoms with E-state index in [2.05, 4.69) is 15.5 Å². The van der Waals surface area contributed by atoms with E-state index in [4.69, 9.17) is 11.6 Å². The van der Waals surface area contributed by atoms with E-state index in [9.17, 15) is 4.79 Å². The van der Waals surface area contributed by atoms with Gasteiger partial charge >= 0.3 is 0 Å². The SMILES string of the molecule is CN(C)CCNC(=O)CSc1nnc(-c2ccccc2Cl)n1-c1ccccc1. The number of nitrogens with zero attached hydrogens (tertiary/aromatic N) is 4. The summed E-state index contributed by atoms with van der Waals surface area (Å²) in [7, 11) is 3.94. The quantitative estimate of drug-likeness (QED) is 0.571. The summed E-state index contributed by atoms with van der Waals surface area (Å²) in [6, 6.07) is 17.3. The Kier molecular flexibility index (Phi) is 7.08. The molecule has 3 rings (SSSR count). The van der Waals surface area contributed by atoms with Gasteiger partial charge in [-0.15, -0.1) is 10.2 Å². The lowest BCUT2D eigenvalue weighted by Gasteiger charge is -2.12. The summed E-state index contributed by atoms with van der Waals surface area (Å²) in [5, 5.41) is 12.8. The minimum absolute atomic E-state index is 0.0336. The smallest absolute Gasteiger partial charge is 0.230 e. The van der Waals surface area contributed by atoms with Crippen LogP contribution in [0.2, 0.25) is 5.02 Å². The largest absolute Gasteiger partial charge is 0.354 e. The van der Waals surface area contributed by atoms with E-state index in [0.29, 0.717) is 22.5 Å². The average molecular weight is 416 g/mol. The number of amides is 1. The topological polar surface area (TPSA) is 63.1 Å². The number of rotatable bonds is 8. The molecule has 0 saturated heterocycles. The van der Waals surface area contributed by atoms with Gasteiger partial charge in [-0.25, -0.2) is 0 Å². The molecule has 0 fully saturated rings. The zero-order valence-electron chi connectivity index (χ0n) is 15.8. The van der Waals surface area contributed by atoms with E-state index >= 15 is 0 Å². The zero-order chi connectivity index (χ0) is 19.9. The van der Waals surface area contributed by atoms with Crippen LogP contribution in [0, 0.1) is 0 Å². The van der Waals surface area contributed by atoms with E-state index in [1.54, 1.807) is 0 Å². The summed E-state index contributed by atoms with van der Waals surface area (Å²) in [4.78, 5) is 14.2. The van der Waals surface area contributed by atoms with Crippen molar-refractivity contribution in [2.24, 2.45) is 0 Å². The van der Waals surface area contributed by atoms with Crippen molar-refractivity contribution < 1.29 is 4.79 Å². The molecule has 0 aliphatic heterocycles. The predicted molar refractivity (Wildman–Crippen MR) is 114 cm³/mol. The third kappa shape index (κ3) is 5.13. The van der Waals surface area contributed by atoms with Crippen LogP contribution in [0.25, 0.3) is 17.1 Å². The van der Waals surface area contributed by atoms with E-state index in [-0.39, 0.29) is 11.7 Å². The zero-order valence-corrected chi connectivity index (χ0v) is 17.4. The van der Waals surface area contributed by atoms with Crippen molar-refractivity contribution in [1.29, 1.82) is 0 Å². The first-order valence-corrected chi connectivity index (χ1v) is 10.2. The van der Waals surface area contributed by atoms with Crippen LogP contribution in [0.4, 0.5) is 0 Å². The fourth-order valence-electron chi connectivity index (χ4n) is 2.59. The van der Waals surface area contributed by atoms with Crippen molar-refractivity contribution in [3.8, 4) is 17.1 Å². The highest BCUT2D eigenvalue weighted by Crippen LogP contribution is 2.31. The lowest BCUT2D eigenvalue weighted by atomic mass is 10.2. The molecule has 0 radical (unpaired) electrons. The Labute approximate surface area is 173 Å². The second-order valence-corrected chi connectivity index (χ2v) is 7.75. The van der Waals surface area contributed by atoms with Gasteiger partial charge in [-0.1, -0.05) is 53.7 Å². The molecule has 6 nitrogen and oxygen atoms in total. The number of hydrogen-bond acceptors (Lipinski definition) is 5. The highest BCUT2D eigenvalue weighted by molar-refractivity contribution is 7.99. The summed E-state index contributed by atoms with van der Waals surface area (Å²) >= 11 is 7.73. The number of aromatic nitrogens is 3. The number of likely N-dealkylation sites (N-methyl/N-ethyl adjacent to an activating group) is 1. The molecule has 1 heterocycles. The molecular weight excluding hydrogens is 394 g/mol. The monoisotopic (exact) mass is 415 g/mol. The van der Waals surface area contributed by atoms with E-state index < -0.39 is 0 Å². The molecule has 0 aliphatic rings. The van der Waals surface area contributed by atoms with Gasteiger partial charge in [0.1, 0.15) is 0 Å². The van der Waals surface area contributed by atoms with Gasteiger partial charge in [0.15, 0.2) is 11.0 Å². The molecule has 0 bridgehead atoms. The molecule has 28 heavy (non-hydrogen) atoms. The summed E-state index contributed by atoms with van der Waals surface area (Å²) < 4.78 is 1.93. The van der Waals surface area contributed by atoms with Crippen LogP contribution < -0.4 is 5.32 Å². The fourth-order valence-corrected chi connectivity index (χ4v) is 3.59. The number of halogens is 1. The Bertz CT molecular complexity index is 929.